The normalized spacial score (nSPS) is 10.6. The van der Waals surface area contributed by atoms with Gasteiger partial charge in [0.1, 0.15) is 0 Å². The fourth-order valence-electron chi connectivity index (χ4n) is 1.69. The summed E-state index contributed by atoms with van der Waals surface area (Å²) in [6.45, 7) is 5.46. The van der Waals surface area contributed by atoms with Crippen molar-refractivity contribution in [3.8, 4) is 11.8 Å². The highest BCUT2D eigenvalue weighted by molar-refractivity contribution is 5.31. The summed E-state index contributed by atoms with van der Waals surface area (Å²) in [5.74, 6) is -0.244. The van der Waals surface area contributed by atoms with Crippen LogP contribution in [0.4, 0.5) is 4.39 Å². The topological polar surface area (TPSA) is 47.0 Å². The average Bonchev–Trinajstić information content (AvgIpc) is 2.46. The molecule has 0 bridgehead atoms. The number of rotatable bonds is 6. The molecule has 0 atom stereocenters. The molecule has 0 aliphatic heterocycles. The Morgan fingerprint density at radius 3 is 2.70 bits per heavy atom. The van der Waals surface area contributed by atoms with Crippen LogP contribution in [0.2, 0.25) is 0 Å². The van der Waals surface area contributed by atoms with Gasteiger partial charge in [-0.15, -0.1) is 0 Å². The Kier molecular flexibility index (Phi) is 5.01. The second-order valence-corrected chi connectivity index (χ2v) is 4.54. The van der Waals surface area contributed by atoms with Crippen molar-refractivity contribution in [3.63, 3.8) is 0 Å². The molecular formula is C15H18FN3O. The lowest BCUT2D eigenvalue weighted by molar-refractivity contribution is 0.408. The number of nitrogens with one attached hydrogen (secondary N) is 1. The maximum absolute atomic E-state index is 13.8. The summed E-state index contributed by atoms with van der Waals surface area (Å²) in [6.07, 6.45) is 4.44. The van der Waals surface area contributed by atoms with Crippen molar-refractivity contribution in [2.75, 3.05) is 6.54 Å². The molecule has 0 saturated heterocycles. The van der Waals surface area contributed by atoms with Gasteiger partial charge in [-0.25, -0.2) is 14.4 Å². The number of halogens is 1. The molecule has 5 heteroatoms. The van der Waals surface area contributed by atoms with Gasteiger partial charge in [-0.3, -0.25) is 0 Å². The Bertz CT molecular complexity index is 558. The van der Waals surface area contributed by atoms with Gasteiger partial charge >= 0.3 is 6.01 Å². The SMILES string of the molecule is CCCNCc1cnc(Oc2cccc(C)c2F)nc1. The molecule has 20 heavy (non-hydrogen) atoms. The van der Waals surface area contributed by atoms with Gasteiger partial charge in [0.25, 0.3) is 0 Å². The van der Waals surface area contributed by atoms with Gasteiger partial charge in [0.05, 0.1) is 0 Å². The number of ether oxygens (including phenoxy) is 1. The largest absolute Gasteiger partial charge is 0.421 e. The molecule has 0 radical (unpaired) electrons. The fraction of sp³-hybridized carbons (Fsp3) is 0.333. The minimum Gasteiger partial charge on any atom is -0.421 e. The Morgan fingerprint density at radius 2 is 2.00 bits per heavy atom. The van der Waals surface area contributed by atoms with Crippen molar-refractivity contribution in [1.29, 1.82) is 0 Å². The molecule has 1 aromatic heterocycles. The van der Waals surface area contributed by atoms with Crippen LogP contribution in [0.3, 0.4) is 0 Å². The molecule has 0 unspecified atom stereocenters. The van der Waals surface area contributed by atoms with E-state index >= 15 is 0 Å². The van der Waals surface area contributed by atoms with Crippen LogP contribution in [-0.4, -0.2) is 16.5 Å². The Labute approximate surface area is 118 Å². The van der Waals surface area contributed by atoms with Gasteiger partial charge in [0.15, 0.2) is 11.6 Å². The van der Waals surface area contributed by atoms with Gasteiger partial charge in [-0.1, -0.05) is 19.1 Å². The summed E-state index contributed by atoms with van der Waals surface area (Å²) in [5, 5.41) is 3.26. The number of benzene rings is 1. The summed E-state index contributed by atoms with van der Waals surface area (Å²) in [4.78, 5) is 8.17. The predicted molar refractivity (Wildman–Crippen MR) is 75.2 cm³/mol. The van der Waals surface area contributed by atoms with Crippen LogP contribution in [-0.2, 0) is 6.54 Å². The fourth-order valence-corrected chi connectivity index (χ4v) is 1.69. The van der Waals surface area contributed by atoms with E-state index < -0.39 is 0 Å². The van der Waals surface area contributed by atoms with E-state index in [-0.39, 0.29) is 17.6 Å². The minimum atomic E-state index is -0.384. The third kappa shape index (κ3) is 3.74. The quantitative estimate of drug-likeness (QED) is 0.822. The van der Waals surface area contributed by atoms with Crippen molar-refractivity contribution < 1.29 is 9.13 Å². The van der Waals surface area contributed by atoms with Gasteiger partial charge in [-0.05, 0) is 31.5 Å². The van der Waals surface area contributed by atoms with Crippen LogP contribution in [0.25, 0.3) is 0 Å². The molecule has 4 nitrogen and oxygen atoms in total. The number of hydrogen-bond acceptors (Lipinski definition) is 4. The van der Waals surface area contributed by atoms with Crippen molar-refractivity contribution >= 4 is 0 Å². The maximum atomic E-state index is 13.8. The number of aryl methyl sites for hydroxylation is 1. The lowest BCUT2D eigenvalue weighted by Gasteiger charge is -2.07. The summed E-state index contributed by atoms with van der Waals surface area (Å²) in [5.41, 5.74) is 1.50. The molecular weight excluding hydrogens is 257 g/mol. The molecule has 106 valence electrons. The molecule has 0 saturated carbocycles. The van der Waals surface area contributed by atoms with E-state index in [4.69, 9.17) is 4.74 Å². The maximum Gasteiger partial charge on any atom is 0.321 e. The van der Waals surface area contributed by atoms with E-state index in [1.54, 1.807) is 37.5 Å². The predicted octanol–water partition coefficient (Wildman–Crippen LogP) is 3.22. The first-order valence-corrected chi connectivity index (χ1v) is 6.65. The first-order chi connectivity index (χ1) is 9.70. The highest BCUT2D eigenvalue weighted by atomic mass is 19.1. The summed E-state index contributed by atoms with van der Waals surface area (Å²) in [7, 11) is 0. The van der Waals surface area contributed by atoms with Gasteiger partial charge < -0.3 is 10.1 Å². The molecule has 0 aliphatic rings. The van der Waals surface area contributed by atoms with E-state index in [9.17, 15) is 4.39 Å². The molecule has 1 heterocycles. The lowest BCUT2D eigenvalue weighted by Crippen LogP contribution is -2.14. The van der Waals surface area contributed by atoms with Crippen molar-refractivity contribution in [2.45, 2.75) is 26.8 Å². The Morgan fingerprint density at radius 1 is 1.25 bits per heavy atom. The van der Waals surface area contributed by atoms with Gasteiger partial charge in [0, 0.05) is 24.5 Å². The van der Waals surface area contributed by atoms with Crippen molar-refractivity contribution in [1.82, 2.24) is 15.3 Å². The first-order valence-electron chi connectivity index (χ1n) is 6.65. The molecule has 2 rings (SSSR count). The first kappa shape index (κ1) is 14.4. The Hall–Kier alpha value is -2.01. The van der Waals surface area contributed by atoms with E-state index in [2.05, 4.69) is 22.2 Å². The second kappa shape index (κ2) is 6.96. The zero-order chi connectivity index (χ0) is 14.4. The smallest absolute Gasteiger partial charge is 0.321 e. The molecule has 0 spiro atoms. The average molecular weight is 275 g/mol. The standard InChI is InChI=1S/C15H18FN3O/c1-3-7-17-8-12-9-18-15(19-10-12)20-13-6-4-5-11(2)14(13)16/h4-6,9-10,17H,3,7-8H2,1-2H3. The monoisotopic (exact) mass is 275 g/mol. The summed E-state index contributed by atoms with van der Waals surface area (Å²) < 4.78 is 19.1. The highest BCUT2D eigenvalue weighted by Crippen LogP contribution is 2.23. The van der Waals surface area contributed by atoms with E-state index in [1.165, 1.54) is 0 Å². The van der Waals surface area contributed by atoms with Crippen LogP contribution >= 0.6 is 0 Å². The van der Waals surface area contributed by atoms with Crippen molar-refractivity contribution in [2.24, 2.45) is 0 Å². The minimum absolute atomic E-state index is 0.141. The van der Waals surface area contributed by atoms with Crippen LogP contribution in [0.1, 0.15) is 24.5 Å². The zero-order valence-corrected chi connectivity index (χ0v) is 11.7. The van der Waals surface area contributed by atoms with Gasteiger partial charge in [-0.2, -0.15) is 0 Å². The lowest BCUT2D eigenvalue weighted by atomic mass is 10.2. The van der Waals surface area contributed by atoms with E-state index in [0.29, 0.717) is 12.1 Å². The van der Waals surface area contributed by atoms with Crippen LogP contribution in [0, 0.1) is 12.7 Å². The second-order valence-electron chi connectivity index (χ2n) is 4.54. The third-order valence-electron chi connectivity index (χ3n) is 2.80. The molecule has 0 amide bonds. The molecule has 1 aromatic carbocycles. The third-order valence-corrected chi connectivity index (χ3v) is 2.80. The summed E-state index contributed by atoms with van der Waals surface area (Å²) >= 11 is 0. The summed E-state index contributed by atoms with van der Waals surface area (Å²) in [6, 6.07) is 5.12. The van der Waals surface area contributed by atoms with Crippen LogP contribution < -0.4 is 10.1 Å². The number of hydrogen-bond donors (Lipinski definition) is 1. The molecule has 0 aliphatic carbocycles. The van der Waals surface area contributed by atoms with Crippen LogP contribution in [0.15, 0.2) is 30.6 Å². The van der Waals surface area contributed by atoms with Gasteiger partial charge in [0.2, 0.25) is 0 Å². The Balaban J connectivity index is 2.01. The van der Waals surface area contributed by atoms with E-state index in [1.807, 2.05) is 0 Å². The van der Waals surface area contributed by atoms with Crippen LogP contribution in [0.5, 0.6) is 11.8 Å². The molecule has 0 fully saturated rings. The number of aromatic nitrogens is 2. The number of nitrogens with zero attached hydrogens (tertiary/aromatic N) is 2. The highest BCUT2D eigenvalue weighted by Gasteiger charge is 2.08. The molecule has 2 aromatic rings. The van der Waals surface area contributed by atoms with E-state index in [0.717, 1.165) is 18.5 Å². The zero-order valence-electron chi connectivity index (χ0n) is 11.7. The molecule has 1 N–H and O–H groups in total. The van der Waals surface area contributed by atoms with Crippen molar-refractivity contribution in [3.05, 3.63) is 47.5 Å².